The lowest BCUT2D eigenvalue weighted by molar-refractivity contribution is -0.142. The SMILES string of the molecule is CC(C)CNC(=O)[C@@H](Cc1ccccc1)N(Cc1cccc(Br)c1)C(=O)COc1ccc(Br)cc1. The standard InChI is InChI=1S/C28H30Br2N2O3/c1-20(2)17-31-28(34)26(16-21-7-4-3-5-8-21)32(18-22-9-6-10-24(30)15-22)27(33)19-35-25-13-11-23(29)12-14-25/h3-15,20,26H,16-19H2,1-2H3,(H,31,34)/t26-/m1/s1. The third-order valence-corrected chi connectivity index (χ3v) is 6.40. The van der Waals surface area contributed by atoms with Crippen LogP contribution in [0.4, 0.5) is 0 Å². The molecule has 3 aromatic rings. The predicted molar refractivity (Wildman–Crippen MR) is 146 cm³/mol. The normalized spacial score (nSPS) is 11.7. The second-order valence-corrected chi connectivity index (χ2v) is 10.6. The summed E-state index contributed by atoms with van der Waals surface area (Å²) in [5.74, 6) is 0.460. The van der Waals surface area contributed by atoms with Crippen molar-refractivity contribution in [2.75, 3.05) is 13.2 Å². The average molecular weight is 602 g/mol. The zero-order valence-electron chi connectivity index (χ0n) is 19.9. The molecule has 0 saturated carbocycles. The summed E-state index contributed by atoms with van der Waals surface area (Å²) in [6, 6.07) is 24.2. The molecule has 0 radical (unpaired) electrons. The Morgan fingerprint density at radius 3 is 2.23 bits per heavy atom. The lowest BCUT2D eigenvalue weighted by Crippen LogP contribution is -2.52. The number of benzene rings is 3. The van der Waals surface area contributed by atoms with Gasteiger partial charge >= 0.3 is 0 Å². The van der Waals surface area contributed by atoms with Crippen molar-refractivity contribution >= 4 is 43.7 Å². The quantitative estimate of drug-likeness (QED) is 0.293. The molecule has 184 valence electrons. The molecule has 5 nitrogen and oxygen atoms in total. The van der Waals surface area contributed by atoms with Crippen LogP contribution in [0.5, 0.6) is 5.75 Å². The molecule has 1 atom stereocenters. The van der Waals surface area contributed by atoms with E-state index in [9.17, 15) is 9.59 Å². The maximum absolute atomic E-state index is 13.5. The van der Waals surface area contributed by atoms with Gasteiger partial charge in [-0.05, 0) is 53.4 Å². The van der Waals surface area contributed by atoms with Crippen molar-refractivity contribution in [3.05, 3.63) is 98.9 Å². The van der Waals surface area contributed by atoms with Gasteiger partial charge in [0.15, 0.2) is 6.61 Å². The lowest BCUT2D eigenvalue weighted by Gasteiger charge is -2.31. The highest BCUT2D eigenvalue weighted by atomic mass is 79.9. The first-order chi connectivity index (χ1) is 16.8. The van der Waals surface area contributed by atoms with Gasteiger partial charge in [-0.1, -0.05) is 88.2 Å². The van der Waals surface area contributed by atoms with Crippen LogP contribution in [0.1, 0.15) is 25.0 Å². The van der Waals surface area contributed by atoms with Crippen LogP contribution in [0.2, 0.25) is 0 Å². The molecule has 2 amide bonds. The van der Waals surface area contributed by atoms with E-state index in [1.807, 2.05) is 80.6 Å². The van der Waals surface area contributed by atoms with E-state index in [-0.39, 0.29) is 25.0 Å². The molecule has 0 fully saturated rings. The number of hydrogen-bond donors (Lipinski definition) is 1. The molecule has 7 heteroatoms. The molecule has 0 aliphatic carbocycles. The van der Waals surface area contributed by atoms with Gasteiger partial charge in [0.25, 0.3) is 5.91 Å². The molecule has 35 heavy (non-hydrogen) atoms. The summed E-state index contributed by atoms with van der Waals surface area (Å²) in [6.45, 7) is 4.75. The van der Waals surface area contributed by atoms with Crippen molar-refractivity contribution in [3.8, 4) is 5.75 Å². The number of nitrogens with one attached hydrogen (secondary N) is 1. The Labute approximate surface area is 224 Å². The van der Waals surface area contributed by atoms with Crippen LogP contribution >= 0.6 is 31.9 Å². The van der Waals surface area contributed by atoms with Gasteiger partial charge in [-0.2, -0.15) is 0 Å². The van der Waals surface area contributed by atoms with Crippen molar-refractivity contribution in [2.45, 2.75) is 32.9 Å². The zero-order chi connectivity index (χ0) is 25.2. The number of ether oxygens (including phenoxy) is 1. The molecular weight excluding hydrogens is 572 g/mol. The Balaban J connectivity index is 1.89. The van der Waals surface area contributed by atoms with Gasteiger partial charge < -0.3 is 15.0 Å². The first-order valence-corrected chi connectivity index (χ1v) is 13.1. The number of hydrogen-bond acceptors (Lipinski definition) is 3. The Bertz CT molecular complexity index is 1100. The number of amides is 2. The molecule has 0 aliphatic rings. The van der Waals surface area contributed by atoms with E-state index in [1.54, 1.807) is 17.0 Å². The van der Waals surface area contributed by atoms with Crippen molar-refractivity contribution in [1.82, 2.24) is 10.2 Å². The van der Waals surface area contributed by atoms with Crippen molar-refractivity contribution in [3.63, 3.8) is 0 Å². The minimum atomic E-state index is -0.684. The Morgan fingerprint density at radius 2 is 1.57 bits per heavy atom. The summed E-state index contributed by atoms with van der Waals surface area (Å²) < 4.78 is 7.63. The third kappa shape index (κ3) is 8.82. The number of rotatable bonds is 11. The Kier molecular flexibility index (Phi) is 10.4. The van der Waals surface area contributed by atoms with Gasteiger partial charge in [-0.3, -0.25) is 9.59 Å². The van der Waals surface area contributed by atoms with E-state index in [0.29, 0.717) is 24.6 Å². The van der Waals surface area contributed by atoms with Crippen LogP contribution in [0.15, 0.2) is 87.8 Å². The van der Waals surface area contributed by atoms with E-state index in [0.717, 1.165) is 20.1 Å². The van der Waals surface area contributed by atoms with Crippen LogP contribution in [0.3, 0.4) is 0 Å². The van der Waals surface area contributed by atoms with Gasteiger partial charge in [0, 0.05) is 28.5 Å². The molecule has 0 heterocycles. The molecular formula is C28H30Br2N2O3. The molecule has 0 spiro atoms. The van der Waals surface area contributed by atoms with Crippen LogP contribution in [-0.2, 0) is 22.6 Å². The largest absolute Gasteiger partial charge is 0.484 e. The molecule has 0 bridgehead atoms. The molecule has 0 aliphatic heterocycles. The summed E-state index contributed by atoms with van der Waals surface area (Å²) in [7, 11) is 0. The fourth-order valence-electron chi connectivity index (χ4n) is 3.57. The summed E-state index contributed by atoms with van der Waals surface area (Å²) in [5.41, 5.74) is 1.91. The second-order valence-electron chi connectivity index (χ2n) is 8.74. The molecule has 0 aromatic heterocycles. The number of carbonyl (C=O) groups is 2. The second kappa shape index (κ2) is 13.4. The van der Waals surface area contributed by atoms with Crippen molar-refractivity contribution in [1.29, 1.82) is 0 Å². The smallest absolute Gasteiger partial charge is 0.261 e. The lowest BCUT2D eigenvalue weighted by atomic mass is 10.0. The van der Waals surface area contributed by atoms with E-state index >= 15 is 0 Å². The molecule has 3 rings (SSSR count). The number of carbonyl (C=O) groups excluding carboxylic acids is 2. The van der Waals surface area contributed by atoms with Gasteiger partial charge in [0.05, 0.1) is 0 Å². The van der Waals surface area contributed by atoms with E-state index in [2.05, 4.69) is 37.2 Å². The Hall–Kier alpha value is -2.64. The first-order valence-electron chi connectivity index (χ1n) is 11.6. The van der Waals surface area contributed by atoms with Crippen molar-refractivity contribution in [2.24, 2.45) is 5.92 Å². The summed E-state index contributed by atoms with van der Waals surface area (Å²) in [6.07, 6.45) is 0.406. The maximum atomic E-state index is 13.5. The first kappa shape index (κ1) is 27.0. The topological polar surface area (TPSA) is 58.6 Å². The van der Waals surface area contributed by atoms with E-state index in [4.69, 9.17) is 4.74 Å². The van der Waals surface area contributed by atoms with Gasteiger partial charge in [-0.25, -0.2) is 0 Å². The highest BCUT2D eigenvalue weighted by molar-refractivity contribution is 9.10. The number of nitrogens with zero attached hydrogens (tertiary/aromatic N) is 1. The third-order valence-electron chi connectivity index (χ3n) is 5.37. The van der Waals surface area contributed by atoms with Gasteiger partial charge in [0.1, 0.15) is 11.8 Å². The average Bonchev–Trinajstić information content (AvgIpc) is 2.85. The van der Waals surface area contributed by atoms with Crippen LogP contribution in [0, 0.1) is 5.92 Å². The minimum absolute atomic E-state index is 0.168. The maximum Gasteiger partial charge on any atom is 0.261 e. The Morgan fingerprint density at radius 1 is 0.886 bits per heavy atom. The van der Waals surface area contributed by atoms with Crippen LogP contribution in [0.25, 0.3) is 0 Å². The fraction of sp³-hybridized carbons (Fsp3) is 0.286. The molecule has 3 aromatic carbocycles. The highest BCUT2D eigenvalue weighted by Gasteiger charge is 2.30. The van der Waals surface area contributed by atoms with E-state index < -0.39 is 6.04 Å². The highest BCUT2D eigenvalue weighted by Crippen LogP contribution is 2.20. The fourth-order valence-corrected chi connectivity index (χ4v) is 4.28. The summed E-state index contributed by atoms with van der Waals surface area (Å²) >= 11 is 6.91. The zero-order valence-corrected chi connectivity index (χ0v) is 23.1. The minimum Gasteiger partial charge on any atom is -0.484 e. The van der Waals surface area contributed by atoms with E-state index in [1.165, 1.54) is 0 Å². The molecule has 1 N–H and O–H groups in total. The van der Waals surface area contributed by atoms with Crippen LogP contribution in [-0.4, -0.2) is 35.9 Å². The van der Waals surface area contributed by atoms with Gasteiger partial charge in [-0.15, -0.1) is 0 Å². The molecule has 0 saturated heterocycles. The van der Waals surface area contributed by atoms with Crippen LogP contribution < -0.4 is 10.1 Å². The summed E-state index contributed by atoms with van der Waals surface area (Å²) in [5, 5.41) is 3.03. The van der Waals surface area contributed by atoms with Gasteiger partial charge in [0.2, 0.25) is 5.91 Å². The van der Waals surface area contributed by atoms with Crippen molar-refractivity contribution < 1.29 is 14.3 Å². The number of halogens is 2. The monoisotopic (exact) mass is 600 g/mol. The predicted octanol–water partition coefficient (Wildman–Crippen LogP) is 6.00. The summed E-state index contributed by atoms with van der Waals surface area (Å²) in [4.78, 5) is 28.6. The molecule has 0 unspecified atom stereocenters.